The van der Waals surface area contributed by atoms with Crippen LogP contribution in [0.15, 0.2) is 35.4 Å². The van der Waals surface area contributed by atoms with E-state index in [-0.39, 0.29) is 0 Å². The molecule has 0 bridgehead atoms. The number of piperidine rings is 1. The Hall–Kier alpha value is -1.43. The molecule has 0 aliphatic carbocycles. The van der Waals surface area contributed by atoms with Crippen LogP contribution in [0, 0.1) is 13.8 Å². The molecule has 0 spiro atoms. The van der Waals surface area contributed by atoms with Crippen LogP contribution in [0.5, 0.6) is 0 Å². The highest BCUT2D eigenvalue weighted by atomic mass is 32.2. The fourth-order valence-electron chi connectivity index (χ4n) is 3.48. The highest BCUT2D eigenvalue weighted by Crippen LogP contribution is 2.43. The molecule has 3 aromatic rings. The van der Waals surface area contributed by atoms with Crippen LogP contribution in [0.25, 0.3) is 21.3 Å². The second kappa shape index (κ2) is 7.06. The lowest BCUT2D eigenvalue weighted by atomic mass is 10.0. The summed E-state index contributed by atoms with van der Waals surface area (Å²) in [6.07, 6.45) is 2.46. The lowest BCUT2D eigenvalue weighted by Gasteiger charge is -2.28. The number of fused-ring (bicyclic) bond motifs is 1. The lowest BCUT2D eigenvalue weighted by molar-refractivity contribution is 0.282. The molecule has 25 heavy (non-hydrogen) atoms. The summed E-state index contributed by atoms with van der Waals surface area (Å²) < 4.78 is 0. The Labute approximate surface area is 157 Å². The Balaban J connectivity index is 1.80. The molecule has 1 fully saturated rings. The summed E-state index contributed by atoms with van der Waals surface area (Å²) in [6.45, 7) is 6.57. The number of likely N-dealkylation sites (tertiary alicyclic amines) is 1. The molecule has 3 heterocycles. The Morgan fingerprint density at radius 3 is 2.52 bits per heavy atom. The van der Waals surface area contributed by atoms with Crippen molar-refractivity contribution in [3.63, 3.8) is 0 Å². The molecule has 5 heteroatoms. The Kier molecular flexibility index (Phi) is 4.80. The van der Waals surface area contributed by atoms with Gasteiger partial charge in [-0.25, -0.2) is 9.97 Å². The molecule has 2 aromatic heterocycles. The molecule has 3 nitrogen and oxygen atoms in total. The Morgan fingerprint density at radius 1 is 1.08 bits per heavy atom. The third kappa shape index (κ3) is 3.46. The van der Waals surface area contributed by atoms with Crippen LogP contribution in [-0.4, -0.2) is 40.3 Å². The number of rotatable bonds is 3. The summed E-state index contributed by atoms with van der Waals surface area (Å²) in [5.74, 6) is 0.879. The van der Waals surface area contributed by atoms with E-state index in [1.807, 2.05) is 18.7 Å². The van der Waals surface area contributed by atoms with Gasteiger partial charge in [-0.2, -0.15) is 0 Å². The molecular weight excluding hydrogens is 346 g/mol. The molecule has 1 aliphatic rings. The molecule has 1 saturated heterocycles. The van der Waals surface area contributed by atoms with Crippen molar-refractivity contribution in [3.8, 4) is 11.1 Å². The monoisotopic (exact) mass is 369 g/mol. The predicted octanol–water partition coefficient (Wildman–Crippen LogP) is 5.16. The van der Waals surface area contributed by atoms with Gasteiger partial charge < -0.3 is 4.90 Å². The van der Waals surface area contributed by atoms with E-state index in [4.69, 9.17) is 9.97 Å². The molecule has 0 unspecified atom stereocenters. The van der Waals surface area contributed by atoms with Gasteiger partial charge in [0, 0.05) is 15.7 Å². The molecule has 4 rings (SSSR count). The van der Waals surface area contributed by atoms with E-state index < -0.39 is 0 Å². The first-order valence-electron chi connectivity index (χ1n) is 8.80. The van der Waals surface area contributed by atoms with Gasteiger partial charge >= 0.3 is 0 Å². The maximum atomic E-state index is 4.86. The van der Waals surface area contributed by atoms with Gasteiger partial charge in [0.15, 0.2) is 0 Å². The number of thioether (sulfide) groups is 1. The molecule has 1 aromatic carbocycles. The SMILES string of the molecule is Cc1nc(SC2CCN(C)CC2)c2c(-c3ccccc3)c(C)sc2n1. The van der Waals surface area contributed by atoms with Crippen molar-refractivity contribution in [2.45, 2.75) is 37.0 Å². The van der Waals surface area contributed by atoms with Crippen LogP contribution in [0.1, 0.15) is 23.5 Å². The minimum atomic E-state index is 0.650. The van der Waals surface area contributed by atoms with E-state index >= 15 is 0 Å². The molecule has 0 radical (unpaired) electrons. The first-order valence-corrected chi connectivity index (χ1v) is 10.5. The summed E-state index contributed by atoms with van der Waals surface area (Å²) in [5, 5.41) is 3.07. The van der Waals surface area contributed by atoms with Crippen molar-refractivity contribution in [2.24, 2.45) is 0 Å². The van der Waals surface area contributed by atoms with E-state index in [2.05, 4.69) is 49.2 Å². The van der Waals surface area contributed by atoms with Crippen LogP contribution in [0.3, 0.4) is 0 Å². The smallest absolute Gasteiger partial charge is 0.129 e. The topological polar surface area (TPSA) is 29.0 Å². The van der Waals surface area contributed by atoms with Crippen LogP contribution >= 0.6 is 23.1 Å². The summed E-state index contributed by atoms with van der Waals surface area (Å²) in [7, 11) is 2.21. The number of hydrogen-bond acceptors (Lipinski definition) is 5. The molecule has 0 atom stereocenters. The largest absolute Gasteiger partial charge is 0.306 e. The predicted molar refractivity (Wildman–Crippen MR) is 109 cm³/mol. The van der Waals surface area contributed by atoms with Gasteiger partial charge in [-0.15, -0.1) is 23.1 Å². The summed E-state index contributed by atoms with van der Waals surface area (Å²) in [4.78, 5) is 14.5. The van der Waals surface area contributed by atoms with Crippen LogP contribution in [-0.2, 0) is 0 Å². The average molecular weight is 370 g/mol. The Morgan fingerprint density at radius 2 is 1.80 bits per heavy atom. The number of hydrogen-bond donors (Lipinski definition) is 0. The minimum Gasteiger partial charge on any atom is -0.306 e. The maximum absolute atomic E-state index is 4.86. The molecule has 0 amide bonds. The van der Waals surface area contributed by atoms with E-state index in [1.165, 1.54) is 52.3 Å². The van der Waals surface area contributed by atoms with Gasteiger partial charge in [0.1, 0.15) is 15.7 Å². The number of benzene rings is 1. The van der Waals surface area contributed by atoms with Gasteiger partial charge in [-0.1, -0.05) is 30.3 Å². The lowest BCUT2D eigenvalue weighted by Crippen LogP contribution is -2.31. The number of nitrogens with zero attached hydrogens (tertiary/aromatic N) is 3. The first-order chi connectivity index (χ1) is 12.1. The van der Waals surface area contributed by atoms with E-state index in [1.54, 1.807) is 11.3 Å². The van der Waals surface area contributed by atoms with Crippen molar-refractivity contribution in [1.29, 1.82) is 0 Å². The van der Waals surface area contributed by atoms with Crippen LogP contribution < -0.4 is 0 Å². The van der Waals surface area contributed by atoms with E-state index in [0.29, 0.717) is 5.25 Å². The first kappa shape index (κ1) is 17.0. The molecule has 130 valence electrons. The van der Waals surface area contributed by atoms with Gasteiger partial charge in [-0.05, 0) is 52.4 Å². The van der Waals surface area contributed by atoms with Crippen molar-refractivity contribution in [3.05, 3.63) is 41.0 Å². The molecule has 1 aliphatic heterocycles. The second-order valence-electron chi connectivity index (χ2n) is 6.78. The normalized spacial score (nSPS) is 16.6. The zero-order valence-corrected chi connectivity index (χ0v) is 16.6. The van der Waals surface area contributed by atoms with Crippen LogP contribution in [0.4, 0.5) is 0 Å². The third-order valence-corrected chi connectivity index (χ3v) is 7.14. The maximum Gasteiger partial charge on any atom is 0.129 e. The van der Waals surface area contributed by atoms with Gasteiger partial charge in [0.05, 0.1) is 5.39 Å². The molecule has 0 saturated carbocycles. The highest BCUT2D eigenvalue weighted by Gasteiger charge is 2.23. The van der Waals surface area contributed by atoms with Gasteiger partial charge in [-0.3, -0.25) is 0 Å². The van der Waals surface area contributed by atoms with Gasteiger partial charge in [0.2, 0.25) is 0 Å². The Bertz CT molecular complexity index is 881. The van der Waals surface area contributed by atoms with Crippen LogP contribution in [0.2, 0.25) is 0 Å². The third-order valence-electron chi connectivity index (χ3n) is 4.81. The number of aromatic nitrogens is 2. The van der Waals surface area contributed by atoms with E-state index in [0.717, 1.165) is 10.7 Å². The summed E-state index contributed by atoms with van der Waals surface area (Å²) in [6, 6.07) is 10.7. The fraction of sp³-hybridized carbons (Fsp3) is 0.400. The summed E-state index contributed by atoms with van der Waals surface area (Å²) in [5.41, 5.74) is 2.58. The highest BCUT2D eigenvalue weighted by molar-refractivity contribution is 8.00. The van der Waals surface area contributed by atoms with E-state index in [9.17, 15) is 0 Å². The van der Waals surface area contributed by atoms with Crippen molar-refractivity contribution in [1.82, 2.24) is 14.9 Å². The van der Waals surface area contributed by atoms with Crippen molar-refractivity contribution >= 4 is 33.3 Å². The molecular formula is C20H23N3S2. The second-order valence-corrected chi connectivity index (χ2v) is 9.27. The fourth-order valence-corrected chi connectivity index (χ4v) is 5.90. The number of aryl methyl sites for hydroxylation is 2. The van der Waals surface area contributed by atoms with Crippen molar-refractivity contribution < 1.29 is 0 Å². The quantitative estimate of drug-likeness (QED) is 0.596. The molecule has 0 N–H and O–H groups in total. The standard InChI is InChI=1S/C20H23N3S2/c1-13-17(15-7-5-4-6-8-15)18-19(24-13)21-14(2)22-20(18)25-16-9-11-23(3)12-10-16/h4-8,16H,9-12H2,1-3H3. The van der Waals surface area contributed by atoms with Gasteiger partial charge in [0.25, 0.3) is 0 Å². The zero-order valence-electron chi connectivity index (χ0n) is 15.0. The minimum absolute atomic E-state index is 0.650. The average Bonchev–Trinajstić information content (AvgIpc) is 2.93. The summed E-state index contributed by atoms with van der Waals surface area (Å²) >= 11 is 3.75. The zero-order chi connectivity index (χ0) is 17.4. The number of thiophene rings is 1. The van der Waals surface area contributed by atoms with Crippen molar-refractivity contribution in [2.75, 3.05) is 20.1 Å².